The number of hydrogen-bond donors (Lipinski definition) is 0. The first-order valence-corrected chi connectivity index (χ1v) is 3.82. The van der Waals surface area contributed by atoms with Gasteiger partial charge in [-0.15, -0.1) is 0 Å². The molecule has 0 amide bonds. The van der Waals surface area contributed by atoms with Gasteiger partial charge in [-0.3, -0.25) is 0 Å². The van der Waals surface area contributed by atoms with Crippen LogP contribution < -0.4 is 0 Å². The van der Waals surface area contributed by atoms with Crippen LogP contribution >= 0.6 is 35.4 Å². The van der Waals surface area contributed by atoms with Crippen LogP contribution in [0.1, 0.15) is 5.56 Å². The maximum atomic E-state index is 5.75. The monoisotopic (exact) mass is 190 g/mol. The third-order valence-corrected chi connectivity index (χ3v) is 1.84. The number of benzene rings is 1. The van der Waals surface area contributed by atoms with Gasteiger partial charge in [0, 0.05) is 5.56 Å². The summed E-state index contributed by atoms with van der Waals surface area (Å²) >= 11 is 16.0. The van der Waals surface area contributed by atoms with Gasteiger partial charge in [-0.25, -0.2) is 0 Å². The molecule has 0 atom stereocenters. The molecular weight excluding hydrogens is 187 g/mol. The Morgan fingerprint density at radius 2 is 1.90 bits per heavy atom. The smallest absolute Gasteiger partial charge is 0.0836 e. The molecule has 1 aromatic rings. The quantitative estimate of drug-likeness (QED) is 0.485. The van der Waals surface area contributed by atoms with Crippen molar-refractivity contribution < 1.29 is 0 Å². The highest BCUT2D eigenvalue weighted by atomic mass is 35.5. The average molecular weight is 191 g/mol. The molecule has 0 aliphatic rings. The standard InChI is InChI=1S/C7H4Cl2S/c8-6-4-2-1-3-5(6)7(9)10/h1-4H. The molecular formula is C7H4Cl2S. The third kappa shape index (κ3) is 1.69. The minimum atomic E-state index is 0.311. The van der Waals surface area contributed by atoms with Crippen LogP contribution in [-0.2, 0) is 0 Å². The fourth-order valence-corrected chi connectivity index (χ4v) is 1.30. The summed E-state index contributed by atoms with van der Waals surface area (Å²) in [6, 6.07) is 7.22. The lowest BCUT2D eigenvalue weighted by Crippen LogP contribution is -1.86. The predicted molar refractivity (Wildman–Crippen MR) is 49.0 cm³/mol. The van der Waals surface area contributed by atoms with Crippen LogP contribution in [0.2, 0.25) is 5.02 Å². The topological polar surface area (TPSA) is 0 Å². The first kappa shape index (κ1) is 7.99. The van der Waals surface area contributed by atoms with Crippen molar-refractivity contribution in [2.24, 2.45) is 0 Å². The molecule has 0 spiro atoms. The zero-order chi connectivity index (χ0) is 7.56. The number of halogens is 2. The summed E-state index contributed by atoms with van der Waals surface area (Å²) in [4.78, 5) is 0. The van der Waals surface area contributed by atoms with Gasteiger partial charge in [0.25, 0.3) is 0 Å². The SMILES string of the molecule is S=C(Cl)c1ccccc1Cl. The van der Waals surface area contributed by atoms with Gasteiger partial charge >= 0.3 is 0 Å². The number of rotatable bonds is 1. The minimum Gasteiger partial charge on any atom is -0.0836 e. The van der Waals surface area contributed by atoms with Gasteiger partial charge in [-0.1, -0.05) is 53.6 Å². The van der Waals surface area contributed by atoms with Gasteiger partial charge in [0.2, 0.25) is 0 Å². The van der Waals surface area contributed by atoms with Crippen LogP contribution in [0.15, 0.2) is 24.3 Å². The molecule has 0 aliphatic heterocycles. The van der Waals surface area contributed by atoms with Gasteiger partial charge in [-0.2, -0.15) is 0 Å². The van der Waals surface area contributed by atoms with Crippen molar-refractivity contribution in [2.45, 2.75) is 0 Å². The Morgan fingerprint density at radius 1 is 1.30 bits per heavy atom. The molecule has 0 bridgehead atoms. The molecule has 0 radical (unpaired) electrons. The minimum absolute atomic E-state index is 0.311. The molecule has 0 unspecified atom stereocenters. The zero-order valence-electron chi connectivity index (χ0n) is 4.97. The van der Waals surface area contributed by atoms with Crippen molar-refractivity contribution in [3.05, 3.63) is 34.9 Å². The summed E-state index contributed by atoms with van der Waals surface area (Å²) in [7, 11) is 0. The summed E-state index contributed by atoms with van der Waals surface area (Å²) in [5, 5.41) is 0.600. The van der Waals surface area contributed by atoms with E-state index in [-0.39, 0.29) is 0 Å². The number of thiocarbonyl (C=S) groups is 1. The van der Waals surface area contributed by atoms with Crippen LogP contribution in [-0.4, -0.2) is 4.32 Å². The highest BCUT2D eigenvalue weighted by molar-refractivity contribution is 7.83. The lowest BCUT2D eigenvalue weighted by molar-refractivity contribution is 1.68. The van der Waals surface area contributed by atoms with E-state index in [1.807, 2.05) is 12.1 Å². The van der Waals surface area contributed by atoms with Gasteiger partial charge < -0.3 is 0 Å². The van der Waals surface area contributed by atoms with E-state index in [2.05, 4.69) is 0 Å². The van der Waals surface area contributed by atoms with Crippen molar-refractivity contribution in [3.63, 3.8) is 0 Å². The highest BCUT2D eigenvalue weighted by Crippen LogP contribution is 2.17. The molecule has 52 valence electrons. The third-order valence-electron chi connectivity index (χ3n) is 1.09. The van der Waals surface area contributed by atoms with Crippen molar-refractivity contribution >= 4 is 39.7 Å². The van der Waals surface area contributed by atoms with Gasteiger partial charge in [0.15, 0.2) is 0 Å². The molecule has 3 heteroatoms. The molecule has 0 saturated heterocycles. The second kappa shape index (κ2) is 3.33. The summed E-state index contributed by atoms with van der Waals surface area (Å²) in [6.07, 6.45) is 0. The van der Waals surface area contributed by atoms with E-state index in [0.717, 1.165) is 5.56 Å². The van der Waals surface area contributed by atoms with E-state index in [1.54, 1.807) is 12.1 Å². The lowest BCUT2D eigenvalue weighted by atomic mass is 10.2. The maximum Gasteiger partial charge on any atom is 0.112 e. The van der Waals surface area contributed by atoms with Gasteiger partial charge in [0.1, 0.15) is 4.32 Å². The van der Waals surface area contributed by atoms with Crippen LogP contribution in [0.3, 0.4) is 0 Å². The Labute approximate surface area is 74.8 Å². The fraction of sp³-hybridized carbons (Fsp3) is 0. The molecule has 0 heterocycles. The first-order chi connectivity index (χ1) is 4.72. The van der Waals surface area contributed by atoms with Crippen molar-refractivity contribution in [2.75, 3.05) is 0 Å². The highest BCUT2D eigenvalue weighted by Gasteiger charge is 2.00. The van der Waals surface area contributed by atoms with E-state index in [4.69, 9.17) is 35.4 Å². The average Bonchev–Trinajstić information content (AvgIpc) is 1.88. The lowest BCUT2D eigenvalue weighted by Gasteiger charge is -1.96. The molecule has 1 rings (SSSR count). The van der Waals surface area contributed by atoms with Gasteiger partial charge in [-0.05, 0) is 6.07 Å². The second-order valence-corrected chi connectivity index (χ2v) is 3.17. The first-order valence-electron chi connectivity index (χ1n) is 2.66. The Hall–Kier alpha value is -0.110. The van der Waals surface area contributed by atoms with Crippen LogP contribution in [0, 0.1) is 0 Å². The second-order valence-electron chi connectivity index (χ2n) is 1.75. The van der Waals surface area contributed by atoms with E-state index < -0.39 is 0 Å². The molecule has 0 aliphatic carbocycles. The van der Waals surface area contributed by atoms with E-state index in [9.17, 15) is 0 Å². The molecule has 0 N–H and O–H groups in total. The summed E-state index contributed by atoms with van der Waals surface area (Å²) in [5.74, 6) is 0. The van der Waals surface area contributed by atoms with Crippen LogP contribution in [0.4, 0.5) is 0 Å². The van der Waals surface area contributed by atoms with Crippen molar-refractivity contribution in [1.82, 2.24) is 0 Å². The van der Waals surface area contributed by atoms with E-state index in [0.29, 0.717) is 9.35 Å². The Kier molecular flexibility index (Phi) is 2.66. The summed E-state index contributed by atoms with van der Waals surface area (Å²) < 4.78 is 0.311. The normalized spacial score (nSPS) is 9.40. The van der Waals surface area contributed by atoms with E-state index in [1.165, 1.54) is 0 Å². The molecule has 0 saturated carbocycles. The Bertz CT molecular complexity index is 258. The molecule has 10 heavy (non-hydrogen) atoms. The van der Waals surface area contributed by atoms with Crippen LogP contribution in [0.5, 0.6) is 0 Å². The summed E-state index contributed by atoms with van der Waals surface area (Å²) in [6.45, 7) is 0. The molecule has 1 aromatic carbocycles. The molecule has 0 aromatic heterocycles. The Balaban J connectivity index is 3.15. The zero-order valence-corrected chi connectivity index (χ0v) is 7.30. The van der Waals surface area contributed by atoms with E-state index >= 15 is 0 Å². The maximum absolute atomic E-state index is 5.75. The van der Waals surface area contributed by atoms with Crippen LogP contribution in [0.25, 0.3) is 0 Å². The summed E-state index contributed by atoms with van der Waals surface area (Å²) in [5.41, 5.74) is 0.723. The largest absolute Gasteiger partial charge is 0.112 e. The van der Waals surface area contributed by atoms with Crippen molar-refractivity contribution in [3.8, 4) is 0 Å². The number of hydrogen-bond acceptors (Lipinski definition) is 1. The molecule has 0 fully saturated rings. The molecule has 0 nitrogen and oxygen atoms in total. The Morgan fingerprint density at radius 3 is 2.30 bits per heavy atom. The predicted octanol–water partition coefficient (Wildman–Crippen LogP) is 3.25. The van der Waals surface area contributed by atoms with Gasteiger partial charge in [0.05, 0.1) is 5.02 Å². The van der Waals surface area contributed by atoms with Crippen molar-refractivity contribution in [1.29, 1.82) is 0 Å². The fourth-order valence-electron chi connectivity index (χ4n) is 0.621.